The molecule has 18 heavy (non-hydrogen) atoms. The van der Waals surface area contributed by atoms with Crippen LogP contribution in [0.1, 0.15) is 26.7 Å². The van der Waals surface area contributed by atoms with Gasteiger partial charge in [-0.1, -0.05) is 19.4 Å². The Morgan fingerprint density at radius 1 is 1.50 bits per heavy atom. The molecular weight excluding hydrogens is 248 g/mol. The zero-order valence-corrected chi connectivity index (χ0v) is 11.6. The van der Waals surface area contributed by atoms with Gasteiger partial charge >= 0.3 is 0 Å². The third kappa shape index (κ3) is 4.49. The second kappa shape index (κ2) is 7.16. The van der Waals surface area contributed by atoms with Crippen LogP contribution in [0.3, 0.4) is 0 Å². The summed E-state index contributed by atoms with van der Waals surface area (Å²) in [5.41, 5.74) is 6.85. The summed E-state index contributed by atoms with van der Waals surface area (Å²) in [5, 5.41) is 2.23. The first kappa shape index (κ1) is 14.7. The van der Waals surface area contributed by atoms with E-state index in [-0.39, 0.29) is 5.91 Å². The third-order valence-electron chi connectivity index (χ3n) is 2.62. The largest absolute Gasteiger partial charge is 0.399 e. The molecule has 4 nitrogen and oxygen atoms in total. The van der Waals surface area contributed by atoms with Gasteiger partial charge in [0.25, 0.3) is 0 Å². The van der Waals surface area contributed by atoms with E-state index in [2.05, 4.69) is 5.32 Å². The molecule has 0 aliphatic heterocycles. The van der Waals surface area contributed by atoms with Crippen molar-refractivity contribution in [1.82, 2.24) is 0 Å². The highest BCUT2D eigenvalue weighted by Gasteiger charge is 2.19. The van der Waals surface area contributed by atoms with E-state index in [9.17, 15) is 9.00 Å². The first-order chi connectivity index (χ1) is 8.54. The molecular formula is C13H20N2O2S. The fraction of sp³-hybridized carbons (Fsp3) is 0.462. The lowest BCUT2D eigenvalue weighted by atomic mass is 10.3. The highest BCUT2D eigenvalue weighted by atomic mass is 32.2. The second-order valence-electron chi connectivity index (χ2n) is 4.20. The van der Waals surface area contributed by atoms with E-state index in [1.54, 1.807) is 31.2 Å². The Balaban J connectivity index is 2.57. The summed E-state index contributed by atoms with van der Waals surface area (Å²) < 4.78 is 11.8. The van der Waals surface area contributed by atoms with Gasteiger partial charge in [-0.05, 0) is 31.5 Å². The molecule has 0 aromatic heterocycles. The molecule has 2 atom stereocenters. The Morgan fingerprint density at radius 3 is 2.83 bits per heavy atom. The molecule has 0 spiro atoms. The summed E-state index contributed by atoms with van der Waals surface area (Å²) in [6, 6.07) is 6.96. The van der Waals surface area contributed by atoms with Crippen molar-refractivity contribution in [2.24, 2.45) is 0 Å². The van der Waals surface area contributed by atoms with Crippen LogP contribution in [0.5, 0.6) is 0 Å². The molecule has 2 unspecified atom stereocenters. The number of benzene rings is 1. The van der Waals surface area contributed by atoms with Crippen molar-refractivity contribution in [3.05, 3.63) is 24.3 Å². The molecule has 3 N–H and O–H groups in total. The summed E-state index contributed by atoms with van der Waals surface area (Å²) in [5.74, 6) is 0.345. The summed E-state index contributed by atoms with van der Waals surface area (Å²) in [4.78, 5) is 11.9. The van der Waals surface area contributed by atoms with E-state index >= 15 is 0 Å². The van der Waals surface area contributed by atoms with Crippen molar-refractivity contribution in [3.8, 4) is 0 Å². The molecule has 1 aromatic rings. The van der Waals surface area contributed by atoms with Crippen molar-refractivity contribution in [1.29, 1.82) is 0 Å². The minimum atomic E-state index is -1.12. The van der Waals surface area contributed by atoms with E-state index in [1.807, 2.05) is 6.92 Å². The van der Waals surface area contributed by atoms with Crippen molar-refractivity contribution in [2.45, 2.75) is 31.9 Å². The first-order valence-electron chi connectivity index (χ1n) is 6.08. The van der Waals surface area contributed by atoms with Gasteiger partial charge in [0.1, 0.15) is 5.25 Å². The molecule has 0 aliphatic carbocycles. The van der Waals surface area contributed by atoms with Crippen LogP contribution in [0, 0.1) is 0 Å². The Kier molecular flexibility index (Phi) is 5.85. The molecule has 0 radical (unpaired) electrons. The van der Waals surface area contributed by atoms with Crippen molar-refractivity contribution < 1.29 is 9.00 Å². The minimum Gasteiger partial charge on any atom is -0.399 e. The molecule has 1 aromatic carbocycles. The van der Waals surface area contributed by atoms with Crippen LogP contribution in [0.25, 0.3) is 0 Å². The quantitative estimate of drug-likeness (QED) is 0.776. The number of amides is 1. The maximum absolute atomic E-state index is 11.9. The minimum absolute atomic E-state index is 0.227. The lowest BCUT2D eigenvalue weighted by molar-refractivity contribution is -0.115. The number of carbonyl (C=O) groups excluding carboxylic acids is 1. The molecule has 0 saturated heterocycles. The van der Waals surface area contributed by atoms with Crippen LogP contribution in [0.2, 0.25) is 0 Å². The highest BCUT2D eigenvalue weighted by molar-refractivity contribution is 7.86. The van der Waals surface area contributed by atoms with Gasteiger partial charge < -0.3 is 11.1 Å². The number of hydrogen-bond acceptors (Lipinski definition) is 3. The highest BCUT2D eigenvalue weighted by Crippen LogP contribution is 2.13. The number of nitrogen functional groups attached to an aromatic ring is 1. The van der Waals surface area contributed by atoms with E-state index in [1.165, 1.54) is 0 Å². The predicted octanol–water partition coefficient (Wildman–Crippen LogP) is 2.14. The molecule has 5 heteroatoms. The van der Waals surface area contributed by atoms with Gasteiger partial charge in [0.15, 0.2) is 0 Å². The standard InChI is InChI=1S/C13H20N2O2S/c1-3-4-8-18(17)10(2)13(16)15-12-7-5-6-11(14)9-12/h5-7,9-10H,3-4,8,14H2,1-2H3,(H,15,16). The van der Waals surface area contributed by atoms with Crippen LogP contribution in [0.15, 0.2) is 24.3 Å². The monoisotopic (exact) mass is 268 g/mol. The SMILES string of the molecule is CCCCS(=O)C(C)C(=O)Nc1cccc(N)c1. The normalized spacial score (nSPS) is 13.9. The van der Waals surface area contributed by atoms with Gasteiger partial charge in [-0.3, -0.25) is 9.00 Å². The Hall–Kier alpha value is -1.36. The maximum atomic E-state index is 11.9. The molecule has 1 amide bonds. The van der Waals surface area contributed by atoms with Crippen molar-refractivity contribution in [3.63, 3.8) is 0 Å². The lowest BCUT2D eigenvalue weighted by Gasteiger charge is -2.12. The number of nitrogens with one attached hydrogen (secondary N) is 1. The van der Waals surface area contributed by atoms with E-state index in [4.69, 9.17) is 5.73 Å². The topological polar surface area (TPSA) is 72.2 Å². The second-order valence-corrected chi connectivity index (χ2v) is 6.07. The fourth-order valence-electron chi connectivity index (χ4n) is 1.44. The van der Waals surface area contributed by atoms with Gasteiger partial charge in [0.2, 0.25) is 5.91 Å². The van der Waals surface area contributed by atoms with Crippen LogP contribution < -0.4 is 11.1 Å². The lowest BCUT2D eigenvalue weighted by Crippen LogP contribution is -2.30. The van der Waals surface area contributed by atoms with E-state index < -0.39 is 16.0 Å². The van der Waals surface area contributed by atoms with E-state index in [0.717, 1.165) is 12.8 Å². The van der Waals surface area contributed by atoms with Crippen LogP contribution >= 0.6 is 0 Å². The average molecular weight is 268 g/mol. The molecule has 0 heterocycles. The number of nitrogens with two attached hydrogens (primary N) is 1. The summed E-state index contributed by atoms with van der Waals surface area (Å²) >= 11 is 0. The summed E-state index contributed by atoms with van der Waals surface area (Å²) in [6.07, 6.45) is 1.86. The molecule has 0 saturated carbocycles. The van der Waals surface area contributed by atoms with Crippen LogP contribution in [0.4, 0.5) is 11.4 Å². The average Bonchev–Trinajstić information content (AvgIpc) is 2.35. The Bertz CT molecular complexity index is 435. The first-order valence-corrected chi connectivity index (χ1v) is 7.46. The zero-order valence-electron chi connectivity index (χ0n) is 10.8. The van der Waals surface area contributed by atoms with Gasteiger partial charge in [-0.25, -0.2) is 0 Å². The van der Waals surface area contributed by atoms with Crippen LogP contribution in [-0.2, 0) is 15.6 Å². The molecule has 0 fully saturated rings. The fourth-order valence-corrected chi connectivity index (χ4v) is 2.67. The number of carbonyl (C=O) groups is 1. The Labute approximate surface area is 110 Å². The summed E-state index contributed by atoms with van der Waals surface area (Å²) in [6.45, 7) is 3.72. The van der Waals surface area contributed by atoms with E-state index in [0.29, 0.717) is 17.1 Å². The molecule has 100 valence electrons. The van der Waals surface area contributed by atoms with Gasteiger partial charge in [-0.15, -0.1) is 0 Å². The Morgan fingerprint density at radius 2 is 2.22 bits per heavy atom. The third-order valence-corrected chi connectivity index (χ3v) is 4.31. The predicted molar refractivity (Wildman–Crippen MR) is 76.9 cm³/mol. The maximum Gasteiger partial charge on any atom is 0.239 e. The van der Waals surface area contributed by atoms with Crippen molar-refractivity contribution in [2.75, 3.05) is 16.8 Å². The van der Waals surface area contributed by atoms with Gasteiger partial charge in [0, 0.05) is 27.9 Å². The molecule has 0 aliphatic rings. The number of rotatable bonds is 6. The number of hydrogen-bond donors (Lipinski definition) is 2. The van der Waals surface area contributed by atoms with Gasteiger partial charge in [-0.2, -0.15) is 0 Å². The van der Waals surface area contributed by atoms with Crippen LogP contribution in [-0.4, -0.2) is 21.1 Å². The zero-order chi connectivity index (χ0) is 13.5. The number of anilines is 2. The molecule has 0 bridgehead atoms. The molecule has 1 rings (SSSR count). The van der Waals surface area contributed by atoms with Gasteiger partial charge in [0.05, 0.1) is 0 Å². The number of unbranched alkanes of at least 4 members (excludes halogenated alkanes) is 1. The smallest absolute Gasteiger partial charge is 0.239 e. The van der Waals surface area contributed by atoms with Crippen molar-refractivity contribution >= 4 is 28.1 Å². The summed E-state index contributed by atoms with van der Waals surface area (Å²) in [7, 11) is -1.12.